The van der Waals surface area contributed by atoms with Crippen molar-refractivity contribution in [3.05, 3.63) is 52.4 Å². The van der Waals surface area contributed by atoms with Crippen LogP contribution in [0.25, 0.3) is 10.9 Å². The number of hydrogen-bond acceptors (Lipinski definition) is 5. The van der Waals surface area contributed by atoms with Crippen LogP contribution in [0.4, 0.5) is 29.5 Å². The number of fused-ring (bicyclic) bond motifs is 1. The number of alkyl halides is 3. The van der Waals surface area contributed by atoms with Crippen LogP contribution in [0.5, 0.6) is 0 Å². The second-order valence-electron chi connectivity index (χ2n) is 9.23. The maximum Gasteiger partial charge on any atom is 0.416 e. The minimum atomic E-state index is -4.79. The average molecular weight is 500 g/mol. The van der Waals surface area contributed by atoms with Crippen LogP contribution in [-0.2, 0) is 5.54 Å². The summed E-state index contributed by atoms with van der Waals surface area (Å²) < 4.78 is 44.3. The summed E-state index contributed by atoms with van der Waals surface area (Å²) in [5, 5.41) is 26.6. The minimum Gasteiger partial charge on any atom is -0.465 e. The first-order valence-electron chi connectivity index (χ1n) is 11.6. The summed E-state index contributed by atoms with van der Waals surface area (Å²) >= 11 is 0. The van der Waals surface area contributed by atoms with Gasteiger partial charge in [0.25, 0.3) is 5.56 Å². The van der Waals surface area contributed by atoms with Gasteiger partial charge in [-0.05, 0) is 55.4 Å². The van der Waals surface area contributed by atoms with Gasteiger partial charge in [0.1, 0.15) is 5.39 Å². The number of hydrogen-bond donors (Lipinski definition) is 3. The number of nitrogens with zero attached hydrogens (tertiary/aromatic N) is 4. The van der Waals surface area contributed by atoms with Crippen molar-refractivity contribution in [1.29, 1.82) is 5.26 Å². The van der Waals surface area contributed by atoms with E-state index < -0.39 is 17.8 Å². The molecular weight excluding hydrogens is 477 g/mol. The molecule has 2 unspecified atom stereocenters. The topological polar surface area (TPSA) is 127 Å². The van der Waals surface area contributed by atoms with Crippen LogP contribution in [0.1, 0.15) is 43.7 Å². The number of H-pyrrole nitrogens is 1. The van der Waals surface area contributed by atoms with Gasteiger partial charge in [0.05, 0.1) is 24.0 Å². The highest BCUT2D eigenvalue weighted by atomic mass is 19.4. The first-order chi connectivity index (χ1) is 17.2. The molecule has 0 bridgehead atoms. The molecule has 1 saturated heterocycles. The molecule has 1 saturated carbocycles. The minimum absolute atomic E-state index is 0.100. The summed E-state index contributed by atoms with van der Waals surface area (Å²) in [5.74, 6) is 0.517. The molecule has 2 fully saturated rings. The van der Waals surface area contributed by atoms with E-state index in [-0.39, 0.29) is 54.2 Å². The lowest BCUT2D eigenvalue weighted by Crippen LogP contribution is -2.54. The van der Waals surface area contributed by atoms with Crippen molar-refractivity contribution >= 4 is 28.5 Å². The number of nitrogens with one attached hydrogen (secondary N) is 2. The molecule has 3 heterocycles. The number of aromatic nitrogens is 3. The third-order valence-corrected chi connectivity index (χ3v) is 7.12. The summed E-state index contributed by atoms with van der Waals surface area (Å²) in [6.07, 6.45) is -3.00. The van der Waals surface area contributed by atoms with Crippen LogP contribution < -0.4 is 10.9 Å². The largest absolute Gasteiger partial charge is 0.465 e. The zero-order valence-electron chi connectivity index (χ0n) is 19.0. The fourth-order valence-corrected chi connectivity index (χ4v) is 5.27. The molecule has 1 aromatic carbocycles. The predicted molar refractivity (Wildman–Crippen MR) is 124 cm³/mol. The average Bonchev–Trinajstić information content (AvgIpc) is 3.44. The second kappa shape index (κ2) is 8.58. The molecule has 12 heteroatoms. The Kier molecular flexibility index (Phi) is 5.65. The van der Waals surface area contributed by atoms with E-state index in [4.69, 9.17) is 0 Å². The van der Waals surface area contributed by atoms with Gasteiger partial charge < -0.3 is 15.4 Å². The lowest BCUT2D eigenvalue weighted by molar-refractivity contribution is -0.222. The van der Waals surface area contributed by atoms with Gasteiger partial charge in [0.15, 0.2) is 11.4 Å². The van der Waals surface area contributed by atoms with E-state index in [9.17, 15) is 33.1 Å². The maximum absolute atomic E-state index is 14.2. The Morgan fingerprint density at radius 1 is 1.31 bits per heavy atom. The van der Waals surface area contributed by atoms with Crippen molar-refractivity contribution < 1.29 is 23.1 Å². The maximum atomic E-state index is 14.2. The molecule has 0 spiro atoms. The normalized spacial score (nSPS) is 20.9. The van der Waals surface area contributed by atoms with Crippen LogP contribution in [0.2, 0.25) is 0 Å². The van der Waals surface area contributed by atoms with E-state index >= 15 is 0 Å². The van der Waals surface area contributed by atoms with Crippen LogP contribution in [-0.4, -0.2) is 43.6 Å². The highest BCUT2D eigenvalue weighted by Gasteiger charge is 2.63. The van der Waals surface area contributed by atoms with Gasteiger partial charge in [-0.2, -0.15) is 23.5 Å². The van der Waals surface area contributed by atoms with Crippen LogP contribution >= 0.6 is 0 Å². The Bertz CT molecular complexity index is 1400. The Labute approximate surface area is 203 Å². The molecule has 3 N–H and O–H groups in total. The summed E-state index contributed by atoms with van der Waals surface area (Å²) in [7, 11) is 0. The number of halogens is 3. The van der Waals surface area contributed by atoms with Crippen molar-refractivity contribution in [2.24, 2.45) is 5.92 Å². The number of carbonyl (C=O) groups is 1. The number of carboxylic acid groups (broad SMARTS) is 1. The summed E-state index contributed by atoms with van der Waals surface area (Å²) in [5.41, 5.74) is -2.23. The Morgan fingerprint density at radius 2 is 2.03 bits per heavy atom. The lowest BCUT2D eigenvalue weighted by atomic mass is 9.86. The van der Waals surface area contributed by atoms with Crippen molar-refractivity contribution in [3.8, 4) is 6.07 Å². The number of anilines is 2. The summed E-state index contributed by atoms with van der Waals surface area (Å²) in [6, 6.07) is 9.03. The van der Waals surface area contributed by atoms with Gasteiger partial charge in [-0.15, -0.1) is 0 Å². The molecule has 2 aromatic heterocycles. The third kappa shape index (κ3) is 3.75. The van der Waals surface area contributed by atoms with Crippen LogP contribution in [0.3, 0.4) is 0 Å². The number of benzene rings is 1. The highest BCUT2D eigenvalue weighted by molar-refractivity contribution is 5.91. The molecule has 0 radical (unpaired) electrons. The van der Waals surface area contributed by atoms with Gasteiger partial charge >= 0.3 is 12.3 Å². The molecule has 1 aliphatic carbocycles. The van der Waals surface area contributed by atoms with E-state index in [0.29, 0.717) is 22.0 Å². The lowest BCUT2D eigenvalue weighted by Gasteiger charge is -2.38. The van der Waals surface area contributed by atoms with Gasteiger partial charge in [0.2, 0.25) is 0 Å². The zero-order valence-corrected chi connectivity index (χ0v) is 19.0. The Balaban J connectivity index is 1.52. The first kappa shape index (κ1) is 23.7. The fourth-order valence-electron chi connectivity index (χ4n) is 5.27. The SMILES string of the molecule is N#CCC(C1CC1)n1nc(Nc2ccc(C3(C(F)(F)F)CCCN3C(=O)O)cc2)c2c(=O)[nH]ccc21. The smallest absolute Gasteiger partial charge is 0.416 e. The van der Waals surface area contributed by atoms with Gasteiger partial charge in [0, 0.05) is 18.4 Å². The molecule has 1 aliphatic heterocycles. The van der Waals surface area contributed by atoms with E-state index in [2.05, 4.69) is 21.5 Å². The van der Waals surface area contributed by atoms with Gasteiger partial charge in [-0.1, -0.05) is 12.1 Å². The van der Waals surface area contributed by atoms with E-state index in [0.717, 1.165) is 12.8 Å². The predicted octanol–water partition coefficient (Wildman–Crippen LogP) is 4.86. The van der Waals surface area contributed by atoms with Crippen molar-refractivity contribution in [3.63, 3.8) is 0 Å². The third-order valence-electron chi connectivity index (χ3n) is 7.12. The number of amides is 1. The molecule has 36 heavy (non-hydrogen) atoms. The quantitative estimate of drug-likeness (QED) is 0.443. The molecule has 2 atom stereocenters. The number of rotatable bonds is 6. The van der Waals surface area contributed by atoms with Crippen LogP contribution in [0, 0.1) is 17.2 Å². The van der Waals surface area contributed by atoms with Crippen molar-refractivity contribution in [2.45, 2.75) is 49.9 Å². The van der Waals surface area contributed by atoms with Crippen molar-refractivity contribution in [1.82, 2.24) is 19.7 Å². The Hall–Kier alpha value is -4.01. The molecule has 9 nitrogen and oxygen atoms in total. The van der Waals surface area contributed by atoms with E-state index in [1.165, 1.54) is 30.5 Å². The molecule has 3 aromatic rings. The molecular formula is C24H23F3N6O3. The number of likely N-dealkylation sites (tertiary alicyclic amines) is 1. The monoisotopic (exact) mass is 500 g/mol. The van der Waals surface area contributed by atoms with E-state index in [1.54, 1.807) is 10.7 Å². The van der Waals surface area contributed by atoms with Gasteiger partial charge in [-0.25, -0.2) is 4.79 Å². The second-order valence-corrected chi connectivity index (χ2v) is 9.23. The molecule has 5 rings (SSSR count). The first-order valence-corrected chi connectivity index (χ1v) is 11.6. The van der Waals surface area contributed by atoms with E-state index in [1.807, 2.05) is 0 Å². The highest BCUT2D eigenvalue weighted by Crippen LogP contribution is 2.51. The standard InChI is InChI=1S/C24H23F3N6O3/c25-24(26,27)23(10-1-13-32(23)22(35)36)15-4-6-16(7-5-15)30-20-19-18(9-12-29-21(19)34)33(31-20)17(8-11-28)14-2-3-14/h4-7,9,12,14,17H,1-3,8,10,13H2,(H,29,34)(H,30,31)(H,35,36). The molecule has 1 amide bonds. The number of nitriles is 1. The number of pyridine rings is 1. The zero-order chi connectivity index (χ0) is 25.7. The van der Waals surface area contributed by atoms with Gasteiger partial charge in [-0.3, -0.25) is 14.4 Å². The Morgan fingerprint density at radius 3 is 2.64 bits per heavy atom. The summed E-state index contributed by atoms with van der Waals surface area (Å²) in [4.78, 5) is 27.3. The molecule has 2 aliphatic rings. The fraction of sp³-hybridized carbons (Fsp3) is 0.417. The summed E-state index contributed by atoms with van der Waals surface area (Å²) in [6.45, 7) is -0.202. The van der Waals surface area contributed by atoms with Crippen LogP contribution in [0.15, 0.2) is 41.3 Å². The van der Waals surface area contributed by atoms with Crippen molar-refractivity contribution in [2.75, 3.05) is 11.9 Å². The molecule has 188 valence electrons. The number of aromatic amines is 1.